The lowest BCUT2D eigenvalue weighted by Crippen LogP contribution is -2.35. The van der Waals surface area contributed by atoms with Crippen LogP contribution in [0, 0.1) is 6.92 Å². The van der Waals surface area contributed by atoms with Crippen LogP contribution in [0.3, 0.4) is 0 Å². The molecule has 0 bridgehead atoms. The highest BCUT2D eigenvalue weighted by molar-refractivity contribution is 7.89. The molecule has 0 saturated carbocycles. The number of thiophene rings is 1. The maximum atomic E-state index is 12.5. The first-order chi connectivity index (χ1) is 9.37. The molecule has 0 fully saturated rings. The van der Waals surface area contributed by atoms with E-state index in [4.69, 9.17) is 0 Å². The van der Waals surface area contributed by atoms with Crippen LogP contribution in [-0.2, 0) is 14.8 Å². The van der Waals surface area contributed by atoms with Crippen molar-refractivity contribution in [1.82, 2.24) is 4.72 Å². The summed E-state index contributed by atoms with van der Waals surface area (Å²) in [7, 11) is -2.46. The summed E-state index contributed by atoms with van der Waals surface area (Å²) < 4.78 is 32.3. The second-order valence-corrected chi connectivity index (χ2v) is 7.11. The Kier molecular flexibility index (Phi) is 6.16. The maximum absolute atomic E-state index is 12.5. The lowest BCUT2D eigenvalue weighted by molar-refractivity contribution is 0.0602. The quantitative estimate of drug-likeness (QED) is 0.784. The molecule has 0 saturated heterocycles. The van der Waals surface area contributed by atoms with Gasteiger partial charge in [0.2, 0.25) is 10.0 Å². The first kappa shape index (κ1) is 17.1. The van der Waals surface area contributed by atoms with Crippen LogP contribution in [-0.4, -0.2) is 27.5 Å². The van der Waals surface area contributed by atoms with Crippen molar-refractivity contribution in [2.24, 2.45) is 0 Å². The molecule has 1 aromatic heterocycles. The average molecular weight is 319 g/mol. The normalized spacial score (nSPS) is 13.2. The van der Waals surface area contributed by atoms with Crippen LogP contribution in [0.2, 0.25) is 0 Å². The number of rotatable bonds is 7. The summed E-state index contributed by atoms with van der Waals surface area (Å²) in [6.45, 7) is 5.62. The van der Waals surface area contributed by atoms with Gasteiger partial charge < -0.3 is 4.74 Å². The van der Waals surface area contributed by atoms with Crippen molar-refractivity contribution < 1.29 is 17.9 Å². The number of methoxy groups -OCH3 is 1. The van der Waals surface area contributed by atoms with Gasteiger partial charge in [-0.1, -0.05) is 20.3 Å². The molecule has 0 aromatic carbocycles. The fourth-order valence-electron chi connectivity index (χ4n) is 1.97. The van der Waals surface area contributed by atoms with Crippen molar-refractivity contribution in [3.8, 4) is 0 Å². The van der Waals surface area contributed by atoms with E-state index < -0.39 is 16.0 Å². The van der Waals surface area contributed by atoms with E-state index in [0.29, 0.717) is 12.0 Å². The fraction of sp³-hybridized carbons (Fsp3) is 0.615. The molecule has 1 rings (SSSR count). The molecular weight excluding hydrogens is 298 g/mol. The van der Waals surface area contributed by atoms with Gasteiger partial charge in [0.25, 0.3) is 0 Å². The van der Waals surface area contributed by atoms with Gasteiger partial charge in [0, 0.05) is 6.04 Å². The standard InChI is InChI=1S/C13H21NO4S2/c1-5-7-10(6-2)14-20(16,17)12-9(3)8-19-11(12)13(15)18-4/h8,10,14H,5-7H2,1-4H3. The molecule has 1 heterocycles. The van der Waals surface area contributed by atoms with Crippen molar-refractivity contribution in [2.75, 3.05) is 7.11 Å². The third-order valence-corrected chi connectivity index (χ3v) is 5.92. The first-order valence-corrected chi connectivity index (χ1v) is 8.92. The summed E-state index contributed by atoms with van der Waals surface area (Å²) in [5, 5.41) is 1.65. The molecule has 5 nitrogen and oxygen atoms in total. The molecule has 1 aromatic rings. The van der Waals surface area contributed by atoms with Gasteiger partial charge in [0.1, 0.15) is 9.77 Å². The fourth-order valence-corrected chi connectivity index (χ4v) is 5.03. The minimum atomic E-state index is -3.71. The Morgan fingerprint density at radius 2 is 2.10 bits per heavy atom. The zero-order valence-electron chi connectivity index (χ0n) is 12.2. The Morgan fingerprint density at radius 3 is 2.60 bits per heavy atom. The van der Waals surface area contributed by atoms with Crippen molar-refractivity contribution in [2.45, 2.75) is 51.0 Å². The number of carbonyl (C=O) groups excluding carboxylic acids is 1. The van der Waals surface area contributed by atoms with E-state index in [1.54, 1.807) is 12.3 Å². The molecule has 0 amide bonds. The Hall–Kier alpha value is -0.920. The van der Waals surface area contributed by atoms with E-state index in [9.17, 15) is 13.2 Å². The number of hydrogen-bond donors (Lipinski definition) is 1. The highest BCUT2D eigenvalue weighted by Gasteiger charge is 2.28. The summed E-state index contributed by atoms with van der Waals surface area (Å²) >= 11 is 1.09. The monoisotopic (exact) mass is 319 g/mol. The predicted molar refractivity (Wildman–Crippen MR) is 79.7 cm³/mol. The largest absolute Gasteiger partial charge is 0.465 e. The minimum absolute atomic E-state index is 0.0453. The topological polar surface area (TPSA) is 72.5 Å². The molecule has 0 spiro atoms. The molecule has 114 valence electrons. The highest BCUT2D eigenvalue weighted by Crippen LogP contribution is 2.28. The molecule has 1 unspecified atom stereocenters. The second kappa shape index (κ2) is 7.19. The predicted octanol–water partition coefficient (Wildman–Crippen LogP) is 2.70. The summed E-state index contributed by atoms with van der Waals surface area (Å²) in [4.78, 5) is 11.8. The molecule has 20 heavy (non-hydrogen) atoms. The van der Waals surface area contributed by atoms with Crippen LogP contribution in [0.1, 0.15) is 48.3 Å². The highest BCUT2D eigenvalue weighted by atomic mass is 32.2. The molecule has 0 radical (unpaired) electrons. The Labute approximate surface area is 124 Å². The second-order valence-electron chi connectivity index (χ2n) is 4.58. The van der Waals surface area contributed by atoms with Crippen LogP contribution in [0.4, 0.5) is 0 Å². The van der Waals surface area contributed by atoms with E-state index in [1.165, 1.54) is 7.11 Å². The number of esters is 1. The van der Waals surface area contributed by atoms with Crippen LogP contribution in [0.5, 0.6) is 0 Å². The molecule has 0 aliphatic rings. The van der Waals surface area contributed by atoms with E-state index >= 15 is 0 Å². The molecule has 7 heteroatoms. The van der Waals surface area contributed by atoms with Gasteiger partial charge in [-0.05, 0) is 30.7 Å². The molecule has 0 aliphatic carbocycles. The zero-order valence-corrected chi connectivity index (χ0v) is 13.9. The molecule has 0 aliphatic heterocycles. The smallest absolute Gasteiger partial charge is 0.349 e. The van der Waals surface area contributed by atoms with Gasteiger partial charge in [-0.2, -0.15) is 0 Å². The summed E-state index contributed by atoms with van der Waals surface area (Å²) in [6, 6.07) is -0.116. The lowest BCUT2D eigenvalue weighted by atomic mass is 10.1. The lowest BCUT2D eigenvalue weighted by Gasteiger charge is -2.16. The van der Waals surface area contributed by atoms with E-state index in [0.717, 1.165) is 24.2 Å². The van der Waals surface area contributed by atoms with Crippen LogP contribution < -0.4 is 4.72 Å². The van der Waals surface area contributed by atoms with E-state index in [2.05, 4.69) is 9.46 Å². The third kappa shape index (κ3) is 3.80. The molecular formula is C13H21NO4S2. The van der Waals surface area contributed by atoms with Crippen molar-refractivity contribution in [3.05, 3.63) is 15.8 Å². The van der Waals surface area contributed by atoms with Crippen molar-refractivity contribution >= 4 is 27.3 Å². The Balaban J connectivity index is 3.15. The first-order valence-electron chi connectivity index (χ1n) is 6.56. The number of nitrogens with one attached hydrogen (secondary N) is 1. The number of ether oxygens (including phenoxy) is 1. The van der Waals surface area contributed by atoms with Gasteiger partial charge in [-0.3, -0.25) is 0 Å². The van der Waals surface area contributed by atoms with Crippen LogP contribution in [0.25, 0.3) is 0 Å². The minimum Gasteiger partial charge on any atom is -0.465 e. The number of aryl methyl sites for hydroxylation is 1. The van der Waals surface area contributed by atoms with Crippen molar-refractivity contribution in [1.29, 1.82) is 0 Å². The van der Waals surface area contributed by atoms with Crippen molar-refractivity contribution in [3.63, 3.8) is 0 Å². The van der Waals surface area contributed by atoms with E-state index in [1.807, 2.05) is 13.8 Å². The molecule has 1 atom stereocenters. The Bertz CT molecular complexity index is 563. The van der Waals surface area contributed by atoms with Crippen LogP contribution in [0.15, 0.2) is 10.3 Å². The summed E-state index contributed by atoms with van der Waals surface area (Å²) in [5.74, 6) is -0.619. The Morgan fingerprint density at radius 1 is 1.45 bits per heavy atom. The molecule has 1 N–H and O–H groups in total. The number of carbonyl (C=O) groups is 1. The number of sulfonamides is 1. The van der Waals surface area contributed by atoms with Gasteiger partial charge >= 0.3 is 5.97 Å². The maximum Gasteiger partial charge on any atom is 0.349 e. The summed E-state index contributed by atoms with van der Waals surface area (Å²) in [6.07, 6.45) is 2.38. The third-order valence-electron chi connectivity index (χ3n) is 3.01. The summed E-state index contributed by atoms with van der Waals surface area (Å²) in [5.41, 5.74) is 0.564. The average Bonchev–Trinajstić information content (AvgIpc) is 2.79. The van der Waals surface area contributed by atoms with Gasteiger partial charge in [-0.25, -0.2) is 17.9 Å². The zero-order chi connectivity index (χ0) is 15.3. The van der Waals surface area contributed by atoms with Gasteiger partial charge in [0.05, 0.1) is 7.11 Å². The van der Waals surface area contributed by atoms with Gasteiger partial charge in [0.15, 0.2) is 0 Å². The van der Waals surface area contributed by atoms with E-state index in [-0.39, 0.29) is 15.8 Å². The van der Waals surface area contributed by atoms with Crippen LogP contribution >= 0.6 is 11.3 Å². The SMILES string of the molecule is CCCC(CC)NS(=O)(=O)c1c(C)csc1C(=O)OC. The number of hydrogen-bond acceptors (Lipinski definition) is 5. The van der Waals surface area contributed by atoms with Gasteiger partial charge in [-0.15, -0.1) is 11.3 Å².